The first kappa shape index (κ1) is 10.4. The Hall–Kier alpha value is -1.78. The minimum absolute atomic E-state index is 0.515. The van der Waals surface area contributed by atoms with Crippen molar-refractivity contribution in [2.45, 2.75) is 25.7 Å². The summed E-state index contributed by atoms with van der Waals surface area (Å²) in [5.41, 5.74) is 6.59. The number of nitrogens with zero attached hydrogens (tertiary/aromatic N) is 3. The van der Waals surface area contributed by atoms with Crippen molar-refractivity contribution in [3.8, 4) is 0 Å². The van der Waals surface area contributed by atoms with E-state index in [-0.39, 0.29) is 0 Å². The topological polar surface area (TPSA) is 68.2 Å². The van der Waals surface area contributed by atoms with E-state index in [1.807, 2.05) is 10.6 Å². The summed E-state index contributed by atoms with van der Waals surface area (Å²) in [6, 6.07) is 0. The van der Waals surface area contributed by atoms with E-state index in [1.165, 1.54) is 25.7 Å². The standard InChI is InChI=1S/C12H17N5/c13-10-8-17-7-6-15-12(17)11(16-10)14-5-4-9-2-1-3-9/h6-9H,1-5,13H2,(H,14,16). The Bertz CT molecular complexity index is 515. The van der Waals surface area contributed by atoms with Crippen LogP contribution < -0.4 is 11.1 Å². The predicted octanol–water partition coefficient (Wildman–Crippen LogP) is 1.91. The van der Waals surface area contributed by atoms with E-state index in [2.05, 4.69) is 15.3 Å². The van der Waals surface area contributed by atoms with E-state index in [0.29, 0.717) is 5.82 Å². The number of hydrogen-bond donors (Lipinski definition) is 2. The molecule has 90 valence electrons. The molecule has 1 saturated carbocycles. The van der Waals surface area contributed by atoms with Gasteiger partial charge in [0.1, 0.15) is 5.82 Å². The van der Waals surface area contributed by atoms with Crippen molar-refractivity contribution in [2.75, 3.05) is 17.6 Å². The highest BCUT2D eigenvalue weighted by atomic mass is 15.1. The molecule has 0 aromatic carbocycles. The van der Waals surface area contributed by atoms with E-state index in [0.717, 1.165) is 23.9 Å². The molecule has 2 aromatic rings. The zero-order chi connectivity index (χ0) is 11.7. The molecular weight excluding hydrogens is 214 g/mol. The molecule has 3 N–H and O–H groups in total. The maximum atomic E-state index is 5.75. The first-order valence-corrected chi connectivity index (χ1v) is 6.16. The molecule has 5 heteroatoms. The smallest absolute Gasteiger partial charge is 0.180 e. The molecule has 1 aliphatic carbocycles. The molecule has 0 aliphatic heterocycles. The number of hydrogen-bond acceptors (Lipinski definition) is 4. The molecule has 0 radical (unpaired) electrons. The van der Waals surface area contributed by atoms with Crippen LogP contribution in [0.15, 0.2) is 18.6 Å². The van der Waals surface area contributed by atoms with Gasteiger partial charge >= 0.3 is 0 Å². The highest BCUT2D eigenvalue weighted by Gasteiger charge is 2.16. The number of aromatic nitrogens is 3. The van der Waals surface area contributed by atoms with Crippen LogP contribution in [0.25, 0.3) is 5.65 Å². The number of fused-ring (bicyclic) bond motifs is 1. The molecule has 0 amide bonds. The molecule has 0 atom stereocenters. The summed E-state index contributed by atoms with van der Waals surface area (Å²) >= 11 is 0. The van der Waals surface area contributed by atoms with E-state index in [1.54, 1.807) is 12.4 Å². The average Bonchev–Trinajstić information content (AvgIpc) is 2.69. The summed E-state index contributed by atoms with van der Waals surface area (Å²) < 4.78 is 1.90. The average molecular weight is 231 g/mol. The van der Waals surface area contributed by atoms with E-state index in [4.69, 9.17) is 5.73 Å². The van der Waals surface area contributed by atoms with Gasteiger partial charge < -0.3 is 15.5 Å². The van der Waals surface area contributed by atoms with Crippen molar-refractivity contribution in [2.24, 2.45) is 5.92 Å². The fourth-order valence-corrected chi connectivity index (χ4v) is 2.25. The minimum atomic E-state index is 0.515. The van der Waals surface area contributed by atoms with Gasteiger partial charge in [-0.25, -0.2) is 9.97 Å². The summed E-state index contributed by atoms with van der Waals surface area (Å²) in [6.45, 7) is 0.948. The number of nitrogens with two attached hydrogens (primary N) is 1. The summed E-state index contributed by atoms with van der Waals surface area (Å²) in [6.07, 6.45) is 10.8. The Balaban J connectivity index is 1.72. The molecule has 5 nitrogen and oxygen atoms in total. The van der Waals surface area contributed by atoms with Gasteiger partial charge in [-0.15, -0.1) is 0 Å². The van der Waals surface area contributed by atoms with Crippen molar-refractivity contribution in [3.63, 3.8) is 0 Å². The van der Waals surface area contributed by atoms with E-state index >= 15 is 0 Å². The van der Waals surface area contributed by atoms with Crippen molar-refractivity contribution >= 4 is 17.3 Å². The predicted molar refractivity (Wildman–Crippen MR) is 67.8 cm³/mol. The Morgan fingerprint density at radius 1 is 1.47 bits per heavy atom. The van der Waals surface area contributed by atoms with Gasteiger partial charge in [-0.2, -0.15) is 0 Å². The normalized spacial score (nSPS) is 16.0. The Morgan fingerprint density at radius 2 is 2.35 bits per heavy atom. The van der Waals surface area contributed by atoms with Crippen LogP contribution in [0.3, 0.4) is 0 Å². The zero-order valence-corrected chi connectivity index (χ0v) is 9.76. The van der Waals surface area contributed by atoms with Crippen LogP contribution in [0.2, 0.25) is 0 Å². The molecule has 1 aliphatic rings. The number of anilines is 2. The van der Waals surface area contributed by atoms with Gasteiger partial charge in [0.25, 0.3) is 0 Å². The van der Waals surface area contributed by atoms with Crippen LogP contribution in [0.4, 0.5) is 11.6 Å². The zero-order valence-electron chi connectivity index (χ0n) is 9.76. The van der Waals surface area contributed by atoms with Crippen LogP contribution in [-0.2, 0) is 0 Å². The second-order valence-electron chi connectivity index (χ2n) is 4.68. The van der Waals surface area contributed by atoms with Gasteiger partial charge in [0, 0.05) is 18.9 Å². The minimum Gasteiger partial charge on any atom is -0.382 e. The second-order valence-corrected chi connectivity index (χ2v) is 4.68. The molecule has 17 heavy (non-hydrogen) atoms. The molecule has 0 bridgehead atoms. The van der Waals surface area contributed by atoms with Crippen LogP contribution in [0, 0.1) is 5.92 Å². The van der Waals surface area contributed by atoms with Gasteiger partial charge in [-0.3, -0.25) is 0 Å². The van der Waals surface area contributed by atoms with Gasteiger partial charge in [0.05, 0.1) is 6.20 Å². The van der Waals surface area contributed by atoms with Gasteiger partial charge in [-0.1, -0.05) is 19.3 Å². The monoisotopic (exact) mass is 231 g/mol. The lowest BCUT2D eigenvalue weighted by Gasteiger charge is -2.25. The molecule has 0 spiro atoms. The third-order valence-corrected chi connectivity index (χ3v) is 3.46. The quantitative estimate of drug-likeness (QED) is 0.843. The fourth-order valence-electron chi connectivity index (χ4n) is 2.25. The second kappa shape index (κ2) is 4.24. The van der Waals surface area contributed by atoms with E-state index in [9.17, 15) is 0 Å². The van der Waals surface area contributed by atoms with E-state index < -0.39 is 0 Å². The fraction of sp³-hybridized carbons (Fsp3) is 0.500. The number of nitrogen functional groups attached to an aromatic ring is 1. The number of imidazole rings is 1. The lowest BCUT2D eigenvalue weighted by Crippen LogP contribution is -2.16. The lowest BCUT2D eigenvalue weighted by atomic mass is 9.83. The van der Waals surface area contributed by atoms with Crippen LogP contribution in [0.1, 0.15) is 25.7 Å². The Kier molecular flexibility index (Phi) is 2.59. The van der Waals surface area contributed by atoms with Crippen molar-refractivity contribution < 1.29 is 0 Å². The molecule has 2 heterocycles. The number of nitrogens with one attached hydrogen (secondary N) is 1. The van der Waals surface area contributed by atoms with Crippen LogP contribution >= 0.6 is 0 Å². The molecule has 2 aromatic heterocycles. The largest absolute Gasteiger partial charge is 0.382 e. The maximum absolute atomic E-state index is 5.75. The van der Waals surface area contributed by atoms with Crippen molar-refractivity contribution in [1.82, 2.24) is 14.4 Å². The molecule has 3 rings (SSSR count). The lowest BCUT2D eigenvalue weighted by molar-refractivity contribution is 0.303. The first-order valence-electron chi connectivity index (χ1n) is 6.16. The summed E-state index contributed by atoms with van der Waals surface area (Å²) in [4.78, 5) is 8.57. The number of rotatable bonds is 4. The molecule has 0 saturated heterocycles. The Labute approximate surface area is 100 Å². The SMILES string of the molecule is Nc1cn2ccnc2c(NCCC2CCC2)n1. The third kappa shape index (κ3) is 2.05. The van der Waals surface area contributed by atoms with Gasteiger partial charge in [0.15, 0.2) is 11.5 Å². The molecule has 0 unspecified atom stereocenters. The van der Waals surface area contributed by atoms with Crippen LogP contribution in [-0.4, -0.2) is 20.9 Å². The van der Waals surface area contributed by atoms with Gasteiger partial charge in [0.2, 0.25) is 0 Å². The van der Waals surface area contributed by atoms with Crippen molar-refractivity contribution in [1.29, 1.82) is 0 Å². The summed E-state index contributed by atoms with van der Waals surface area (Å²) in [5.74, 6) is 2.20. The van der Waals surface area contributed by atoms with Crippen molar-refractivity contribution in [3.05, 3.63) is 18.6 Å². The first-order chi connectivity index (χ1) is 8.33. The molecular formula is C12H17N5. The summed E-state index contributed by atoms with van der Waals surface area (Å²) in [7, 11) is 0. The van der Waals surface area contributed by atoms with Gasteiger partial charge in [-0.05, 0) is 12.3 Å². The maximum Gasteiger partial charge on any atom is 0.180 e. The summed E-state index contributed by atoms with van der Waals surface area (Å²) in [5, 5.41) is 3.34. The Morgan fingerprint density at radius 3 is 3.12 bits per heavy atom. The molecule has 1 fully saturated rings. The highest BCUT2D eigenvalue weighted by molar-refractivity contribution is 5.64. The van der Waals surface area contributed by atoms with Crippen LogP contribution in [0.5, 0.6) is 0 Å². The highest BCUT2D eigenvalue weighted by Crippen LogP contribution is 2.29. The third-order valence-electron chi connectivity index (χ3n) is 3.46.